The summed E-state index contributed by atoms with van der Waals surface area (Å²) in [5.74, 6) is -0.814. The number of benzene rings is 1. The zero-order chi connectivity index (χ0) is 14.7. The van der Waals surface area contributed by atoms with E-state index in [2.05, 4.69) is 0 Å². The fraction of sp³-hybridized carbons (Fsp3) is 0.467. The average Bonchev–Trinajstić information content (AvgIpc) is 2.87. The highest BCUT2D eigenvalue weighted by Gasteiger charge is 2.25. The Morgan fingerprint density at radius 3 is 2.80 bits per heavy atom. The number of carbonyl (C=O) groups is 2. The van der Waals surface area contributed by atoms with Gasteiger partial charge in [0.2, 0.25) is 5.91 Å². The van der Waals surface area contributed by atoms with Gasteiger partial charge in [0.05, 0.1) is 0 Å². The van der Waals surface area contributed by atoms with Crippen LogP contribution in [-0.2, 0) is 16.0 Å². The number of para-hydroxylation sites is 1. The van der Waals surface area contributed by atoms with Gasteiger partial charge in [-0.15, -0.1) is 0 Å². The molecule has 2 rings (SSSR count). The smallest absolute Gasteiger partial charge is 0.320 e. The van der Waals surface area contributed by atoms with Crippen molar-refractivity contribution in [2.75, 3.05) is 25.0 Å². The summed E-state index contributed by atoms with van der Waals surface area (Å²) in [5.41, 5.74) is 2.19. The zero-order valence-corrected chi connectivity index (χ0v) is 11.9. The molecule has 0 radical (unpaired) electrons. The Bertz CT molecular complexity index is 516. The first-order valence-electron chi connectivity index (χ1n) is 6.82. The van der Waals surface area contributed by atoms with Gasteiger partial charge >= 0.3 is 5.97 Å². The number of carbonyl (C=O) groups excluding carboxylic acids is 1. The molecule has 1 atom stereocenters. The second kappa shape index (κ2) is 6.05. The summed E-state index contributed by atoms with van der Waals surface area (Å²) in [5, 5.41) is 8.92. The van der Waals surface area contributed by atoms with Crippen LogP contribution < -0.4 is 4.90 Å². The third kappa shape index (κ3) is 2.99. The molecule has 1 aliphatic rings. The van der Waals surface area contributed by atoms with Gasteiger partial charge < -0.3 is 10.0 Å². The van der Waals surface area contributed by atoms with E-state index in [4.69, 9.17) is 5.11 Å². The van der Waals surface area contributed by atoms with Crippen LogP contribution >= 0.6 is 0 Å². The van der Waals surface area contributed by atoms with Crippen LogP contribution in [0.25, 0.3) is 0 Å². The number of carboxylic acid groups (broad SMARTS) is 1. The summed E-state index contributed by atoms with van der Waals surface area (Å²) < 4.78 is 0. The van der Waals surface area contributed by atoms with E-state index < -0.39 is 12.0 Å². The van der Waals surface area contributed by atoms with Crippen molar-refractivity contribution in [2.24, 2.45) is 0 Å². The van der Waals surface area contributed by atoms with Crippen molar-refractivity contribution in [3.8, 4) is 0 Å². The standard InChI is InChI=1S/C15H20N2O3/c1-11(15(19)20)16(2)9-8-14(18)17-10-7-12-5-3-4-6-13(12)17/h3-6,11H,7-10H2,1-2H3,(H,19,20). The van der Waals surface area contributed by atoms with Crippen LogP contribution in [0.5, 0.6) is 0 Å². The molecule has 0 aliphatic carbocycles. The maximum absolute atomic E-state index is 12.3. The van der Waals surface area contributed by atoms with E-state index in [-0.39, 0.29) is 5.91 Å². The van der Waals surface area contributed by atoms with Crippen molar-refractivity contribution in [3.05, 3.63) is 29.8 Å². The lowest BCUT2D eigenvalue weighted by Crippen LogP contribution is -2.39. The number of carboxylic acids is 1. The van der Waals surface area contributed by atoms with Gasteiger partial charge in [-0.1, -0.05) is 18.2 Å². The number of fused-ring (bicyclic) bond motifs is 1. The number of hydrogen-bond acceptors (Lipinski definition) is 3. The fourth-order valence-corrected chi connectivity index (χ4v) is 2.39. The van der Waals surface area contributed by atoms with E-state index in [9.17, 15) is 9.59 Å². The summed E-state index contributed by atoms with van der Waals surface area (Å²) >= 11 is 0. The molecule has 1 aromatic carbocycles. The summed E-state index contributed by atoms with van der Waals surface area (Å²) in [6, 6.07) is 7.34. The van der Waals surface area contributed by atoms with Gasteiger partial charge in [0.15, 0.2) is 0 Å². The normalized spacial score (nSPS) is 15.2. The van der Waals surface area contributed by atoms with Gasteiger partial charge in [-0.05, 0) is 32.0 Å². The maximum Gasteiger partial charge on any atom is 0.320 e. The van der Waals surface area contributed by atoms with Crippen molar-refractivity contribution in [3.63, 3.8) is 0 Å². The predicted octanol–water partition coefficient (Wildman–Crippen LogP) is 1.37. The maximum atomic E-state index is 12.3. The summed E-state index contributed by atoms with van der Waals surface area (Å²) in [7, 11) is 1.73. The monoisotopic (exact) mass is 276 g/mol. The van der Waals surface area contributed by atoms with Crippen molar-refractivity contribution < 1.29 is 14.7 Å². The Labute approximate surface area is 118 Å². The highest BCUT2D eigenvalue weighted by atomic mass is 16.4. The van der Waals surface area contributed by atoms with Crippen LogP contribution in [0.1, 0.15) is 18.9 Å². The molecule has 0 aromatic heterocycles. The molecule has 1 N–H and O–H groups in total. The number of rotatable bonds is 5. The van der Waals surface area contributed by atoms with E-state index in [0.717, 1.165) is 18.7 Å². The van der Waals surface area contributed by atoms with Crippen LogP contribution in [0.15, 0.2) is 24.3 Å². The molecular weight excluding hydrogens is 256 g/mol. The molecule has 1 heterocycles. The van der Waals surface area contributed by atoms with E-state index in [1.54, 1.807) is 23.8 Å². The molecule has 1 amide bonds. The summed E-state index contributed by atoms with van der Waals surface area (Å²) in [4.78, 5) is 26.6. The van der Waals surface area contributed by atoms with E-state index in [1.807, 2.05) is 24.3 Å². The Morgan fingerprint density at radius 1 is 1.40 bits per heavy atom. The molecule has 0 spiro atoms. The summed E-state index contributed by atoms with van der Waals surface area (Å²) in [6.45, 7) is 2.79. The lowest BCUT2D eigenvalue weighted by molar-refractivity contribution is -0.142. The second-order valence-electron chi connectivity index (χ2n) is 5.17. The molecule has 1 unspecified atom stereocenters. The highest BCUT2D eigenvalue weighted by molar-refractivity contribution is 5.95. The largest absolute Gasteiger partial charge is 0.480 e. The van der Waals surface area contributed by atoms with Gasteiger partial charge in [0, 0.05) is 25.2 Å². The Balaban J connectivity index is 1.92. The number of aliphatic carboxylic acids is 1. The molecule has 20 heavy (non-hydrogen) atoms. The minimum absolute atomic E-state index is 0.0550. The fourth-order valence-electron chi connectivity index (χ4n) is 2.39. The van der Waals surface area contributed by atoms with E-state index in [1.165, 1.54) is 5.56 Å². The predicted molar refractivity (Wildman–Crippen MR) is 76.8 cm³/mol. The van der Waals surface area contributed by atoms with Crippen molar-refractivity contribution in [2.45, 2.75) is 25.8 Å². The number of nitrogens with zero attached hydrogens (tertiary/aromatic N) is 2. The molecule has 1 aromatic rings. The molecule has 1 aliphatic heterocycles. The third-order valence-electron chi connectivity index (χ3n) is 3.89. The zero-order valence-electron chi connectivity index (χ0n) is 11.9. The molecule has 5 nitrogen and oxygen atoms in total. The molecule has 0 fully saturated rings. The molecule has 5 heteroatoms. The third-order valence-corrected chi connectivity index (χ3v) is 3.89. The highest BCUT2D eigenvalue weighted by Crippen LogP contribution is 2.27. The first-order chi connectivity index (χ1) is 9.50. The van der Waals surface area contributed by atoms with Crippen LogP contribution in [0.2, 0.25) is 0 Å². The molecule has 0 saturated heterocycles. The number of anilines is 1. The Morgan fingerprint density at radius 2 is 2.10 bits per heavy atom. The lowest BCUT2D eigenvalue weighted by Gasteiger charge is -2.23. The van der Waals surface area contributed by atoms with Crippen LogP contribution in [0.4, 0.5) is 5.69 Å². The molecule has 108 valence electrons. The van der Waals surface area contributed by atoms with Gasteiger partial charge in [-0.2, -0.15) is 0 Å². The second-order valence-corrected chi connectivity index (χ2v) is 5.17. The van der Waals surface area contributed by atoms with Gasteiger partial charge in [0.25, 0.3) is 0 Å². The Hall–Kier alpha value is -1.88. The van der Waals surface area contributed by atoms with Gasteiger partial charge in [-0.3, -0.25) is 14.5 Å². The first kappa shape index (κ1) is 14.5. The molecular formula is C15H20N2O3. The number of hydrogen-bond donors (Lipinski definition) is 1. The van der Waals surface area contributed by atoms with Crippen molar-refractivity contribution >= 4 is 17.6 Å². The van der Waals surface area contributed by atoms with Gasteiger partial charge in [-0.25, -0.2) is 0 Å². The minimum Gasteiger partial charge on any atom is -0.480 e. The number of likely N-dealkylation sites (N-methyl/N-ethyl adjacent to an activating group) is 1. The average molecular weight is 276 g/mol. The SMILES string of the molecule is CC(C(=O)O)N(C)CCC(=O)N1CCc2ccccc21. The Kier molecular flexibility index (Phi) is 4.39. The molecule has 0 saturated carbocycles. The molecule has 0 bridgehead atoms. The summed E-state index contributed by atoms with van der Waals surface area (Å²) in [6.07, 6.45) is 1.23. The van der Waals surface area contributed by atoms with Crippen molar-refractivity contribution in [1.82, 2.24) is 4.90 Å². The van der Waals surface area contributed by atoms with E-state index >= 15 is 0 Å². The van der Waals surface area contributed by atoms with Crippen LogP contribution in [-0.4, -0.2) is 48.1 Å². The lowest BCUT2D eigenvalue weighted by atomic mass is 10.2. The quantitative estimate of drug-likeness (QED) is 0.882. The first-order valence-corrected chi connectivity index (χ1v) is 6.82. The topological polar surface area (TPSA) is 60.9 Å². The van der Waals surface area contributed by atoms with Crippen molar-refractivity contribution in [1.29, 1.82) is 0 Å². The van der Waals surface area contributed by atoms with E-state index in [0.29, 0.717) is 13.0 Å². The minimum atomic E-state index is -0.869. The van der Waals surface area contributed by atoms with Crippen LogP contribution in [0, 0.1) is 0 Å². The van der Waals surface area contributed by atoms with Gasteiger partial charge in [0.1, 0.15) is 6.04 Å². The number of amides is 1. The van der Waals surface area contributed by atoms with Crippen LogP contribution in [0.3, 0.4) is 0 Å².